The van der Waals surface area contributed by atoms with Crippen molar-refractivity contribution in [3.05, 3.63) is 42.2 Å². The van der Waals surface area contributed by atoms with Crippen LogP contribution >= 0.6 is 0 Å². The van der Waals surface area contributed by atoms with Gasteiger partial charge in [-0.1, -0.05) is 0 Å². The summed E-state index contributed by atoms with van der Waals surface area (Å²) in [5, 5.41) is 8.21. The molecule has 7 heteroatoms. The van der Waals surface area contributed by atoms with E-state index in [0.717, 1.165) is 5.69 Å². The lowest BCUT2D eigenvalue weighted by Crippen LogP contribution is -2.13. The van der Waals surface area contributed by atoms with E-state index in [1.165, 1.54) is 19.2 Å². The summed E-state index contributed by atoms with van der Waals surface area (Å²) in [7, 11) is -2.21. The van der Waals surface area contributed by atoms with E-state index in [9.17, 15) is 8.42 Å². The van der Waals surface area contributed by atoms with Crippen LogP contribution in [0.1, 0.15) is 5.69 Å². The number of aromatic nitrogens is 1. The summed E-state index contributed by atoms with van der Waals surface area (Å²) >= 11 is 0. The SMILES string of the molecule is COc1ccc(S(N)(=O)=O)cc1NCc1ccc[nH]1. The third kappa shape index (κ3) is 3.27. The van der Waals surface area contributed by atoms with Crippen molar-refractivity contribution in [2.45, 2.75) is 11.4 Å². The van der Waals surface area contributed by atoms with E-state index in [1.807, 2.05) is 18.3 Å². The van der Waals surface area contributed by atoms with Gasteiger partial charge in [0.1, 0.15) is 5.75 Å². The quantitative estimate of drug-likeness (QED) is 0.769. The number of sulfonamides is 1. The first-order valence-electron chi connectivity index (χ1n) is 5.57. The van der Waals surface area contributed by atoms with E-state index in [1.54, 1.807) is 6.07 Å². The number of H-pyrrole nitrogens is 1. The second kappa shape index (κ2) is 5.33. The molecular weight excluding hydrogens is 266 g/mol. The molecule has 0 aliphatic heterocycles. The molecule has 4 N–H and O–H groups in total. The molecule has 0 saturated heterocycles. The number of methoxy groups -OCH3 is 1. The first-order valence-corrected chi connectivity index (χ1v) is 7.12. The molecule has 1 aromatic carbocycles. The van der Waals surface area contributed by atoms with Crippen molar-refractivity contribution in [1.29, 1.82) is 0 Å². The topological polar surface area (TPSA) is 97.2 Å². The van der Waals surface area contributed by atoms with Crippen molar-refractivity contribution in [3.8, 4) is 5.75 Å². The summed E-state index contributed by atoms with van der Waals surface area (Å²) in [6.07, 6.45) is 1.81. The van der Waals surface area contributed by atoms with Gasteiger partial charge in [-0.2, -0.15) is 0 Å². The van der Waals surface area contributed by atoms with Crippen LogP contribution in [0.25, 0.3) is 0 Å². The standard InChI is InChI=1S/C12H15N3O3S/c1-18-12-5-4-10(19(13,16)17)7-11(12)15-8-9-3-2-6-14-9/h2-7,14-15H,8H2,1H3,(H2,13,16,17). The number of benzene rings is 1. The Kier molecular flexibility index (Phi) is 3.77. The second-order valence-electron chi connectivity index (χ2n) is 3.96. The zero-order chi connectivity index (χ0) is 13.9. The molecule has 0 unspecified atom stereocenters. The van der Waals surface area contributed by atoms with Gasteiger partial charge in [-0.3, -0.25) is 0 Å². The lowest BCUT2D eigenvalue weighted by molar-refractivity contribution is 0.416. The van der Waals surface area contributed by atoms with Gasteiger partial charge in [0.2, 0.25) is 10.0 Å². The van der Waals surface area contributed by atoms with E-state index in [-0.39, 0.29) is 4.90 Å². The molecule has 1 heterocycles. The number of rotatable bonds is 5. The molecule has 0 saturated carbocycles. The summed E-state index contributed by atoms with van der Waals surface area (Å²) in [6.45, 7) is 0.525. The van der Waals surface area contributed by atoms with Crippen LogP contribution in [0.4, 0.5) is 5.69 Å². The Hall–Kier alpha value is -1.99. The highest BCUT2D eigenvalue weighted by atomic mass is 32.2. The first kappa shape index (κ1) is 13.4. The lowest BCUT2D eigenvalue weighted by Gasteiger charge is -2.11. The minimum atomic E-state index is -3.73. The van der Waals surface area contributed by atoms with Gasteiger partial charge < -0.3 is 15.0 Å². The Morgan fingerprint density at radius 3 is 2.74 bits per heavy atom. The highest BCUT2D eigenvalue weighted by molar-refractivity contribution is 7.89. The number of hydrogen-bond acceptors (Lipinski definition) is 4. The van der Waals surface area contributed by atoms with E-state index < -0.39 is 10.0 Å². The van der Waals surface area contributed by atoms with Gasteiger partial charge in [0.05, 0.1) is 24.2 Å². The minimum absolute atomic E-state index is 0.0438. The zero-order valence-corrected chi connectivity index (χ0v) is 11.2. The Morgan fingerprint density at radius 1 is 1.37 bits per heavy atom. The molecule has 0 atom stereocenters. The summed E-state index contributed by atoms with van der Waals surface area (Å²) in [6, 6.07) is 8.24. The number of ether oxygens (including phenoxy) is 1. The van der Waals surface area contributed by atoms with Crippen molar-refractivity contribution in [2.24, 2.45) is 5.14 Å². The van der Waals surface area contributed by atoms with Crippen LogP contribution < -0.4 is 15.2 Å². The summed E-state index contributed by atoms with van der Waals surface area (Å²) in [5.41, 5.74) is 1.55. The van der Waals surface area contributed by atoms with E-state index >= 15 is 0 Å². The van der Waals surface area contributed by atoms with Gasteiger partial charge in [-0.25, -0.2) is 13.6 Å². The van der Waals surface area contributed by atoms with Crippen molar-refractivity contribution >= 4 is 15.7 Å². The molecule has 0 aliphatic rings. The molecule has 0 aliphatic carbocycles. The molecule has 0 bridgehead atoms. The predicted molar refractivity (Wildman–Crippen MR) is 72.5 cm³/mol. The van der Waals surface area contributed by atoms with E-state index in [2.05, 4.69) is 10.3 Å². The maximum Gasteiger partial charge on any atom is 0.238 e. The normalized spacial score (nSPS) is 11.3. The number of primary sulfonamides is 1. The van der Waals surface area contributed by atoms with Crippen molar-refractivity contribution in [3.63, 3.8) is 0 Å². The molecule has 102 valence electrons. The monoisotopic (exact) mass is 281 g/mol. The largest absolute Gasteiger partial charge is 0.495 e. The molecule has 19 heavy (non-hydrogen) atoms. The van der Waals surface area contributed by atoms with E-state index in [0.29, 0.717) is 18.0 Å². The number of aromatic amines is 1. The van der Waals surface area contributed by atoms with Crippen LogP contribution in [0.2, 0.25) is 0 Å². The zero-order valence-electron chi connectivity index (χ0n) is 10.4. The smallest absolute Gasteiger partial charge is 0.238 e. The van der Waals surface area contributed by atoms with Crippen LogP contribution in [0.15, 0.2) is 41.4 Å². The van der Waals surface area contributed by atoms with Crippen LogP contribution in [0.5, 0.6) is 5.75 Å². The number of nitrogens with two attached hydrogens (primary N) is 1. The van der Waals surface area contributed by atoms with Gasteiger partial charge in [0, 0.05) is 11.9 Å². The Bertz CT molecular complexity index is 651. The van der Waals surface area contributed by atoms with Gasteiger partial charge in [-0.15, -0.1) is 0 Å². The molecule has 0 spiro atoms. The summed E-state index contributed by atoms with van der Waals surface area (Å²) in [4.78, 5) is 3.09. The van der Waals surface area contributed by atoms with Crippen molar-refractivity contribution in [1.82, 2.24) is 4.98 Å². The van der Waals surface area contributed by atoms with Crippen molar-refractivity contribution in [2.75, 3.05) is 12.4 Å². The van der Waals surface area contributed by atoms with Gasteiger partial charge in [0.25, 0.3) is 0 Å². The molecule has 2 rings (SSSR count). The molecule has 1 aromatic heterocycles. The van der Waals surface area contributed by atoms with Crippen molar-refractivity contribution < 1.29 is 13.2 Å². The highest BCUT2D eigenvalue weighted by Gasteiger charge is 2.11. The third-order valence-electron chi connectivity index (χ3n) is 2.63. The predicted octanol–water partition coefficient (Wildman–Crippen LogP) is 1.28. The second-order valence-corrected chi connectivity index (χ2v) is 5.52. The average Bonchev–Trinajstić information content (AvgIpc) is 2.88. The van der Waals surface area contributed by atoms with Crippen LogP contribution in [-0.2, 0) is 16.6 Å². The minimum Gasteiger partial charge on any atom is -0.495 e. The lowest BCUT2D eigenvalue weighted by atomic mass is 10.3. The molecule has 6 nitrogen and oxygen atoms in total. The maximum absolute atomic E-state index is 11.3. The number of hydrogen-bond donors (Lipinski definition) is 3. The van der Waals surface area contributed by atoms with Crippen LogP contribution in [0, 0.1) is 0 Å². The molecule has 0 amide bonds. The van der Waals surface area contributed by atoms with Gasteiger partial charge in [-0.05, 0) is 30.3 Å². The number of nitrogens with one attached hydrogen (secondary N) is 2. The Balaban J connectivity index is 2.26. The summed E-state index contributed by atoms with van der Waals surface area (Å²) in [5.74, 6) is 0.555. The fourth-order valence-corrected chi connectivity index (χ4v) is 2.21. The Morgan fingerprint density at radius 2 is 2.16 bits per heavy atom. The van der Waals surface area contributed by atoms with Crippen LogP contribution in [0.3, 0.4) is 0 Å². The van der Waals surface area contributed by atoms with Gasteiger partial charge >= 0.3 is 0 Å². The third-order valence-corrected chi connectivity index (χ3v) is 3.54. The molecule has 0 fully saturated rings. The fraction of sp³-hybridized carbons (Fsp3) is 0.167. The average molecular weight is 281 g/mol. The molecule has 2 aromatic rings. The molecular formula is C12H15N3O3S. The number of anilines is 1. The maximum atomic E-state index is 11.3. The Labute approximate surface area is 111 Å². The van der Waals surface area contributed by atoms with E-state index in [4.69, 9.17) is 9.88 Å². The highest BCUT2D eigenvalue weighted by Crippen LogP contribution is 2.27. The molecule has 0 radical (unpaired) electrons. The van der Waals surface area contributed by atoms with Gasteiger partial charge in [0.15, 0.2) is 0 Å². The fourth-order valence-electron chi connectivity index (χ4n) is 1.67. The van der Waals surface area contributed by atoms with Crippen LogP contribution in [-0.4, -0.2) is 20.5 Å². The summed E-state index contributed by atoms with van der Waals surface area (Å²) < 4.78 is 27.8. The first-order chi connectivity index (χ1) is 9.00.